The van der Waals surface area contributed by atoms with E-state index in [1.54, 1.807) is 23.1 Å². The molecule has 1 aliphatic heterocycles. The maximum atomic E-state index is 13.6. The smallest absolute Gasteiger partial charge is 0.241 e. The van der Waals surface area contributed by atoms with Crippen molar-refractivity contribution >= 4 is 28.3 Å². The van der Waals surface area contributed by atoms with Gasteiger partial charge in [-0.3, -0.25) is 4.79 Å². The first-order valence-corrected chi connectivity index (χ1v) is 15.7. The lowest BCUT2D eigenvalue weighted by Gasteiger charge is -2.62. The highest BCUT2D eigenvalue weighted by Gasteiger charge is 2.58. The average Bonchev–Trinajstić information content (AvgIpc) is 3.34. The molecule has 1 heterocycles. The van der Waals surface area contributed by atoms with Crippen molar-refractivity contribution in [3.8, 4) is 11.1 Å². The lowest BCUT2D eigenvalue weighted by molar-refractivity contribution is -0.132. The maximum Gasteiger partial charge on any atom is 0.241 e. The van der Waals surface area contributed by atoms with E-state index in [2.05, 4.69) is 10.0 Å². The number of hydrogen-bond acceptors (Lipinski definition) is 4. The van der Waals surface area contributed by atoms with E-state index in [1.807, 2.05) is 42.5 Å². The van der Waals surface area contributed by atoms with Crippen LogP contribution in [-0.2, 0) is 27.9 Å². The SMILES string of the molecule is Cl.O=C(CNC12C[C@H]3C[C@@H](C1)CC(NS(=O)(=O)c1ccc(-c4ccccc4)cc1)(C3)C2)N1Cc2ccc(F)cc2C1. The Morgan fingerprint density at radius 1 is 0.854 bits per heavy atom. The molecule has 0 aromatic heterocycles. The zero-order valence-electron chi connectivity index (χ0n) is 22.8. The molecular formula is C32H35ClFN3O3S. The highest BCUT2D eigenvalue weighted by molar-refractivity contribution is 7.89. The average molecular weight is 596 g/mol. The molecule has 0 saturated heterocycles. The van der Waals surface area contributed by atoms with E-state index in [0.29, 0.717) is 31.3 Å². The van der Waals surface area contributed by atoms with Crippen LogP contribution in [0.15, 0.2) is 77.7 Å². The molecule has 4 bridgehead atoms. The monoisotopic (exact) mass is 595 g/mol. The van der Waals surface area contributed by atoms with Crippen molar-refractivity contribution in [2.24, 2.45) is 11.8 Å². The second-order valence-electron chi connectivity index (χ2n) is 12.5. The van der Waals surface area contributed by atoms with Gasteiger partial charge in [0.05, 0.1) is 11.4 Å². The van der Waals surface area contributed by atoms with Crippen LogP contribution in [0.25, 0.3) is 11.1 Å². The minimum absolute atomic E-state index is 0. The highest BCUT2D eigenvalue weighted by Crippen LogP contribution is 2.57. The summed E-state index contributed by atoms with van der Waals surface area (Å²) in [5, 5.41) is 3.62. The molecular weight excluding hydrogens is 561 g/mol. The first kappa shape index (κ1) is 28.3. The number of hydrogen-bond donors (Lipinski definition) is 2. The molecule has 216 valence electrons. The molecule has 4 fully saturated rings. The number of nitrogens with zero attached hydrogens (tertiary/aromatic N) is 1. The molecule has 2 N–H and O–H groups in total. The number of carbonyl (C=O) groups is 1. The van der Waals surface area contributed by atoms with Crippen LogP contribution in [0.5, 0.6) is 0 Å². The van der Waals surface area contributed by atoms with Gasteiger partial charge >= 0.3 is 0 Å². The lowest BCUT2D eigenvalue weighted by Crippen LogP contribution is -2.69. The summed E-state index contributed by atoms with van der Waals surface area (Å²) in [6, 6.07) is 21.8. The Labute approximate surface area is 247 Å². The van der Waals surface area contributed by atoms with Crippen LogP contribution in [0.2, 0.25) is 0 Å². The van der Waals surface area contributed by atoms with Crippen molar-refractivity contribution in [1.82, 2.24) is 14.9 Å². The van der Waals surface area contributed by atoms with Gasteiger partial charge in [-0.2, -0.15) is 0 Å². The van der Waals surface area contributed by atoms with Crippen LogP contribution in [0, 0.1) is 17.7 Å². The second kappa shape index (κ2) is 10.5. The van der Waals surface area contributed by atoms with Crippen molar-refractivity contribution < 1.29 is 17.6 Å². The molecule has 2 unspecified atom stereocenters. The summed E-state index contributed by atoms with van der Waals surface area (Å²) in [5.74, 6) is 0.595. The fourth-order valence-electron chi connectivity index (χ4n) is 8.30. The van der Waals surface area contributed by atoms with Gasteiger partial charge in [0.2, 0.25) is 15.9 Å². The highest BCUT2D eigenvalue weighted by atomic mass is 35.5. The molecule has 5 aliphatic rings. The van der Waals surface area contributed by atoms with Gasteiger partial charge in [0.25, 0.3) is 0 Å². The molecule has 9 heteroatoms. The van der Waals surface area contributed by atoms with Crippen molar-refractivity contribution in [1.29, 1.82) is 0 Å². The Morgan fingerprint density at radius 2 is 1.49 bits per heavy atom. The summed E-state index contributed by atoms with van der Waals surface area (Å²) in [6.07, 6.45) is 5.44. The van der Waals surface area contributed by atoms with Gasteiger partial charge in [-0.25, -0.2) is 17.5 Å². The molecule has 3 aromatic rings. The molecule has 41 heavy (non-hydrogen) atoms. The van der Waals surface area contributed by atoms with Gasteiger partial charge in [-0.1, -0.05) is 48.5 Å². The summed E-state index contributed by atoms with van der Waals surface area (Å²) < 4.78 is 44.1. The number of halogens is 2. The first-order chi connectivity index (χ1) is 19.2. The largest absolute Gasteiger partial charge is 0.333 e. The van der Waals surface area contributed by atoms with E-state index in [1.165, 1.54) is 12.1 Å². The van der Waals surface area contributed by atoms with Gasteiger partial charge in [0.15, 0.2) is 0 Å². The molecule has 4 aliphatic carbocycles. The van der Waals surface area contributed by atoms with E-state index in [4.69, 9.17) is 0 Å². The molecule has 4 saturated carbocycles. The van der Waals surface area contributed by atoms with Gasteiger partial charge in [0, 0.05) is 24.2 Å². The number of sulfonamides is 1. The van der Waals surface area contributed by atoms with Gasteiger partial charge in [-0.05, 0) is 96.9 Å². The molecule has 0 spiro atoms. The number of benzene rings is 3. The van der Waals surface area contributed by atoms with Crippen LogP contribution in [0.4, 0.5) is 4.39 Å². The fourth-order valence-corrected chi connectivity index (χ4v) is 9.73. The number of fused-ring (bicyclic) bond motifs is 1. The zero-order valence-corrected chi connectivity index (χ0v) is 24.4. The van der Waals surface area contributed by atoms with Gasteiger partial charge in [0.1, 0.15) is 5.82 Å². The van der Waals surface area contributed by atoms with E-state index >= 15 is 0 Å². The Hall–Kier alpha value is -2.78. The molecule has 4 atom stereocenters. The summed E-state index contributed by atoms with van der Waals surface area (Å²) in [4.78, 5) is 15.2. The Kier molecular flexibility index (Phi) is 7.25. The van der Waals surface area contributed by atoms with Gasteiger partial charge < -0.3 is 10.2 Å². The van der Waals surface area contributed by atoms with E-state index < -0.39 is 15.6 Å². The third kappa shape index (κ3) is 5.43. The van der Waals surface area contributed by atoms with Crippen LogP contribution in [-0.4, -0.2) is 36.8 Å². The Morgan fingerprint density at radius 3 is 2.20 bits per heavy atom. The second-order valence-corrected chi connectivity index (χ2v) is 14.2. The zero-order chi connectivity index (χ0) is 27.5. The van der Waals surface area contributed by atoms with Crippen LogP contribution in [0.1, 0.15) is 49.7 Å². The van der Waals surface area contributed by atoms with E-state index in [9.17, 15) is 17.6 Å². The van der Waals surface area contributed by atoms with Crippen LogP contribution >= 0.6 is 12.4 Å². The van der Waals surface area contributed by atoms with Crippen LogP contribution in [0.3, 0.4) is 0 Å². The molecule has 6 nitrogen and oxygen atoms in total. The third-order valence-corrected chi connectivity index (χ3v) is 11.1. The topological polar surface area (TPSA) is 78.5 Å². The predicted molar refractivity (Wildman–Crippen MR) is 158 cm³/mol. The van der Waals surface area contributed by atoms with E-state index in [-0.39, 0.29) is 41.1 Å². The van der Waals surface area contributed by atoms with Gasteiger partial charge in [-0.15, -0.1) is 12.4 Å². The number of amides is 1. The normalized spacial score (nSPS) is 27.9. The lowest BCUT2D eigenvalue weighted by atomic mass is 9.50. The number of nitrogens with one attached hydrogen (secondary N) is 2. The quantitative estimate of drug-likeness (QED) is 0.383. The summed E-state index contributed by atoms with van der Waals surface area (Å²) in [6.45, 7) is 1.14. The van der Waals surface area contributed by atoms with Crippen molar-refractivity contribution in [3.05, 3.63) is 89.7 Å². The Balaban J connectivity index is 0.00000302. The number of carbonyl (C=O) groups excluding carboxylic acids is 1. The van der Waals surface area contributed by atoms with E-state index in [0.717, 1.165) is 54.4 Å². The standard InChI is InChI=1S/C32H34FN3O3S.ClH/c33-28-9-6-26-19-36(20-27(26)13-28)30(37)18-34-31-14-22-12-23(15-31)17-32(16-22,21-31)35-40(38,39)29-10-7-25(8-11-29)24-4-2-1-3-5-24;/h1-11,13,22-23,34-35H,12,14-21H2;1H/t22-,23+,31?,32?;. The molecule has 8 rings (SSSR count). The fraction of sp³-hybridized carbons (Fsp3) is 0.406. The van der Waals surface area contributed by atoms with Crippen LogP contribution < -0.4 is 10.0 Å². The first-order valence-electron chi connectivity index (χ1n) is 14.2. The minimum Gasteiger partial charge on any atom is -0.333 e. The van der Waals surface area contributed by atoms with Crippen molar-refractivity contribution in [2.45, 2.75) is 67.6 Å². The summed E-state index contributed by atoms with van der Waals surface area (Å²) in [7, 11) is -3.71. The maximum absolute atomic E-state index is 13.6. The molecule has 0 radical (unpaired) electrons. The third-order valence-electron chi connectivity index (χ3n) is 9.54. The van der Waals surface area contributed by atoms with Crippen molar-refractivity contribution in [3.63, 3.8) is 0 Å². The summed E-state index contributed by atoms with van der Waals surface area (Å²) in [5.41, 5.74) is 3.14. The summed E-state index contributed by atoms with van der Waals surface area (Å²) >= 11 is 0. The number of rotatable bonds is 7. The minimum atomic E-state index is -3.71. The predicted octanol–water partition coefficient (Wildman–Crippen LogP) is 5.42. The Bertz CT molecular complexity index is 1550. The van der Waals surface area contributed by atoms with Crippen molar-refractivity contribution in [2.75, 3.05) is 6.54 Å². The molecule has 1 amide bonds. The molecule has 3 aromatic carbocycles.